The topological polar surface area (TPSA) is 58.2 Å². The van der Waals surface area contributed by atoms with Crippen molar-refractivity contribution in [2.45, 2.75) is 39.2 Å². The summed E-state index contributed by atoms with van der Waals surface area (Å²) in [5.74, 6) is -0.394. The first kappa shape index (κ1) is 12.6. The van der Waals surface area contributed by atoms with Crippen LogP contribution in [0.25, 0.3) is 0 Å². The fourth-order valence-corrected chi connectivity index (χ4v) is 2.27. The van der Waals surface area contributed by atoms with E-state index in [1.54, 1.807) is 6.92 Å². The number of aryl methyl sites for hydroxylation is 2. The Hall–Kier alpha value is -1.84. The number of nitrogens with one attached hydrogen (secondary N) is 2. The minimum Gasteiger partial charge on any atom is -0.345 e. The van der Waals surface area contributed by atoms with E-state index in [4.69, 9.17) is 0 Å². The summed E-state index contributed by atoms with van der Waals surface area (Å²) < 4.78 is 0. The second-order valence-electron chi connectivity index (χ2n) is 4.75. The average Bonchev–Trinajstić information content (AvgIpc) is 2.75. The molecule has 2 rings (SSSR count). The van der Waals surface area contributed by atoms with Crippen LogP contribution in [0.2, 0.25) is 0 Å². The molecular weight excluding hydrogens is 228 g/mol. The molecule has 18 heavy (non-hydrogen) atoms. The smallest absolute Gasteiger partial charge is 0.246 e. The van der Waals surface area contributed by atoms with Crippen LogP contribution >= 0.6 is 0 Å². The van der Waals surface area contributed by atoms with Crippen LogP contribution in [0.15, 0.2) is 18.2 Å². The van der Waals surface area contributed by atoms with Crippen LogP contribution in [0, 0.1) is 0 Å². The van der Waals surface area contributed by atoms with E-state index in [1.807, 2.05) is 12.1 Å². The van der Waals surface area contributed by atoms with Gasteiger partial charge in [0.1, 0.15) is 6.04 Å². The summed E-state index contributed by atoms with van der Waals surface area (Å²) in [6, 6.07) is 5.50. The predicted octanol–water partition coefficient (Wildman–Crippen LogP) is 1.64. The van der Waals surface area contributed by atoms with Gasteiger partial charge in [-0.25, -0.2) is 0 Å². The predicted molar refractivity (Wildman–Crippen MR) is 70.4 cm³/mol. The standard InChI is InChI=1S/C14H18N2O2/c1-9(15-10(2)17)14(18)16-13-7-6-11-4-3-5-12(11)8-13/h6-9H,3-5H2,1-2H3,(H,15,17)(H,16,18). The van der Waals surface area contributed by atoms with Gasteiger partial charge in [-0.05, 0) is 49.4 Å². The van der Waals surface area contributed by atoms with Crippen LogP contribution < -0.4 is 10.6 Å². The average molecular weight is 246 g/mol. The maximum atomic E-state index is 11.8. The first-order chi connectivity index (χ1) is 8.56. The molecule has 0 saturated heterocycles. The molecule has 1 aliphatic carbocycles. The Balaban J connectivity index is 2.01. The van der Waals surface area contributed by atoms with E-state index in [0.717, 1.165) is 18.5 Å². The third-order valence-electron chi connectivity index (χ3n) is 3.18. The molecule has 1 aromatic rings. The monoisotopic (exact) mass is 246 g/mol. The summed E-state index contributed by atoms with van der Waals surface area (Å²) in [5, 5.41) is 5.39. The zero-order valence-electron chi connectivity index (χ0n) is 10.7. The summed E-state index contributed by atoms with van der Waals surface area (Å²) >= 11 is 0. The molecule has 2 N–H and O–H groups in total. The molecule has 0 aliphatic heterocycles. The number of rotatable bonds is 3. The van der Waals surface area contributed by atoms with Gasteiger partial charge in [0.2, 0.25) is 11.8 Å². The fraction of sp³-hybridized carbons (Fsp3) is 0.429. The lowest BCUT2D eigenvalue weighted by atomic mass is 10.1. The molecular formula is C14H18N2O2. The molecule has 0 heterocycles. The maximum Gasteiger partial charge on any atom is 0.246 e. The summed E-state index contributed by atoms with van der Waals surface area (Å²) in [6.45, 7) is 3.07. The number of fused-ring (bicyclic) bond motifs is 1. The van der Waals surface area contributed by atoms with Gasteiger partial charge in [-0.2, -0.15) is 0 Å². The Bertz CT molecular complexity index is 483. The lowest BCUT2D eigenvalue weighted by molar-refractivity contribution is -0.124. The van der Waals surface area contributed by atoms with Gasteiger partial charge in [-0.1, -0.05) is 6.07 Å². The van der Waals surface area contributed by atoms with E-state index in [2.05, 4.69) is 16.7 Å². The van der Waals surface area contributed by atoms with Crippen LogP contribution in [0.4, 0.5) is 5.69 Å². The SMILES string of the molecule is CC(=O)NC(C)C(=O)Nc1ccc2c(c1)CCC2. The molecule has 0 spiro atoms. The van der Waals surface area contributed by atoms with Crippen LogP contribution in [0.3, 0.4) is 0 Å². The molecule has 4 nitrogen and oxygen atoms in total. The molecule has 96 valence electrons. The number of amides is 2. The lowest BCUT2D eigenvalue weighted by Gasteiger charge is -2.13. The number of carbonyl (C=O) groups is 2. The number of carbonyl (C=O) groups excluding carboxylic acids is 2. The molecule has 4 heteroatoms. The Morgan fingerprint density at radius 1 is 1.22 bits per heavy atom. The number of benzene rings is 1. The van der Waals surface area contributed by atoms with E-state index < -0.39 is 6.04 Å². The summed E-state index contributed by atoms with van der Waals surface area (Å²) in [7, 11) is 0. The first-order valence-electron chi connectivity index (χ1n) is 6.26. The van der Waals surface area contributed by atoms with E-state index in [9.17, 15) is 9.59 Å². The van der Waals surface area contributed by atoms with Crippen molar-refractivity contribution in [2.24, 2.45) is 0 Å². The third kappa shape index (κ3) is 2.88. The molecule has 0 aromatic heterocycles. The van der Waals surface area contributed by atoms with Gasteiger partial charge in [0.25, 0.3) is 0 Å². The van der Waals surface area contributed by atoms with E-state index in [1.165, 1.54) is 24.5 Å². The van der Waals surface area contributed by atoms with Gasteiger partial charge in [-0.3, -0.25) is 9.59 Å². The molecule has 0 bridgehead atoms. The zero-order valence-corrected chi connectivity index (χ0v) is 10.7. The number of anilines is 1. The summed E-state index contributed by atoms with van der Waals surface area (Å²) in [5.41, 5.74) is 3.50. The largest absolute Gasteiger partial charge is 0.345 e. The van der Waals surface area contributed by atoms with Crippen molar-refractivity contribution in [3.63, 3.8) is 0 Å². The second-order valence-corrected chi connectivity index (χ2v) is 4.75. The number of hydrogen-bond donors (Lipinski definition) is 2. The minimum atomic E-state index is -0.518. The van der Waals surface area contributed by atoms with Gasteiger partial charge in [0.05, 0.1) is 0 Å². The molecule has 1 aliphatic rings. The van der Waals surface area contributed by atoms with Crippen LogP contribution in [0.1, 0.15) is 31.4 Å². The van der Waals surface area contributed by atoms with Crippen molar-refractivity contribution in [2.75, 3.05) is 5.32 Å². The molecule has 1 unspecified atom stereocenters. The van der Waals surface area contributed by atoms with Crippen molar-refractivity contribution >= 4 is 17.5 Å². The van der Waals surface area contributed by atoms with Gasteiger partial charge >= 0.3 is 0 Å². The highest BCUT2D eigenvalue weighted by Crippen LogP contribution is 2.24. The van der Waals surface area contributed by atoms with Crippen molar-refractivity contribution in [1.82, 2.24) is 5.32 Å². The van der Waals surface area contributed by atoms with E-state index >= 15 is 0 Å². The number of hydrogen-bond acceptors (Lipinski definition) is 2. The van der Waals surface area contributed by atoms with Gasteiger partial charge < -0.3 is 10.6 Å². The van der Waals surface area contributed by atoms with E-state index in [0.29, 0.717) is 0 Å². The fourth-order valence-electron chi connectivity index (χ4n) is 2.27. The normalized spacial score (nSPS) is 14.8. The maximum absolute atomic E-state index is 11.8. The van der Waals surface area contributed by atoms with Crippen molar-refractivity contribution < 1.29 is 9.59 Å². The Kier molecular flexibility index (Phi) is 3.65. The van der Waals surface area contributed by atoms with Gasteiger partial charge in [0, 0.05) is 12.6 Å². The highest BCUT2D eigenvalue weighted by molar-refractivity contribution is 5.96. The van der Waals surface area contributed by atoms with Crippen molar-refractivity contribution in [3.8, 4) is 0 Å². The molecule has 0 fully saturated rings. The van der Waals surface area contributed by atoms with Crippen LogP contribution in [-0.4, -0.2) is 17.9 Å². The molecule has 1 atom stereocenters. The quantitative estimate of drug-likeness (QED) is 0.851. The summed E-state index contributed by atoms with van der Waals surface area (Å²) in [4.78, 5) is 22.7. The molecule has 1 aromatic carbocycles. The Morgan fingerprint density at radius 2 is 1.94 bits per heavy atom. The second kappa shape index (κ2) is 5.21. The Morgan fingerprint density at radius 3 is 2.67 bits per heavy atom. The highest BCUT2D eigenvalue weighted by atomic mass is 16.2. The van der Waals surface area contributed by atoms with Crippen molar-refractivity contribution in [3.05, 3.63) is 29.3 Å². The summed E-state index contributed by atoms with van der Waals surface area (Å²) in [6.07, 6.45) is 3.40. The molecule has 0 radical (unpaired) electrons. The first-order valence-corrected chi connectivity index (χ1v) is 6.26. The Labute approximate surface area is 107 Å². The minimum absolute atomic E-state index is 0.192. The third-order valence-corrected chi connectivity index (χ3v) is 3.18. The molecule has 2 amide bonds. The van der Waals surface area contributed by atoms with E-state index in [-0.39, 0.29) is 11.8 Å². The molecule has 0 saturated carbocycles. The van der Waals surface area contributed by atoms with Crippen LogP contribution in [-0.2, 0) is 22.4 Å². The van der Waals surface area contributed by atoms with Crippen molar-refractivity contribution in [1.29, 1.82) is 0 Å². The van der Waals surface area contributed by atoms with Gasteiger partial charge in [0.15, 0.2) is 0 Å². The van der Waals surface area contributed by atoms with Crippen LogP contribution in [0.5, 0.6) is 0 Å². The zero-order chi connectivity index (χ0) is 13.1. The lowest BCUT2D eigenvalue weighted by Crippen LogP contribution is -2.40. The highest BCUT2D eigenvalue weighted by Gasteiger charge is 2.15. The van der Waals surface area contributed by atoms with Gasteiger partial charge in [-0.15, -0.1) is 0 Å².